The zero-order valence-electron chi connectivity index (χ0n) is 19.6. The van der Waals surface area contributed by atoms with Crippen molar-refractivity contribution in [2.75, 3.05) is 50.7 Å². The second-order valence-electron chi connectivity index (χ2n) is 9.72. The highest BCUT2D eigenvalue weighted by Crippen LogP contribution is 2.38. The van der Waals surface area contributed by atoms with Crippen molar-refractivity contribution >= 4 is 28.4 Å². The first kappa shape index (κ1) is 22.8. The molecule has 3 aliphatic rings. The molecular weight excluding hydrogens is 437 g/mol. The van der Waals surface area contributed by atoms with Crippen LogP contribution in [0.1, 0.15) is 49.0 Å². The van der Waals surface area contributed by atoms with Gasteiger partial charge in [0.15, 0.2) is 0 Å². The highest BCUT2D eigenvalue weighted by Gasteiger charge is 2.31. The second kappa shape index (κ2) is 9.02. The van der Waals surface area contributed by atoms with Gasteiger partial charge in [0.1, 0.15) is 11.4 Å². The number of halogens is 1. The number of nitrogens with zero attached hydrogens (tertiary/aromatic N) is 4. The van der Waals surface area contributed by atoms with Gasteiger partial charge in [-0.3, -0.25) is 14.4 Å². The van der Waals surface area contributed by atoms with E-state index in [4.69, 9.17) is 5.73 Å². The number of piperidine rings is 1. The predicted octanol–water partition coefficient (Wildman–Crippen LogP) is 1.95. The van der Waals surface area contributed by atoms with E-state index < -0.39 is 11.2 Å². The van der Waals surface area contributed by atoms with Crippen LogP contribution in [0, 0.1) is 11.7 Å². The number of amides is 2. The molecule has 182 valence electrons. The third kappa shape index (κ3) is 4.17. The Morgan fingerprint density at radius 2 is 1.71 bits per heavy atom. The smallest absolute Gasteiger partial charge is 0.259 e. The lowest BCUT2D eigenvalue weighted by Crippen LogP contribution is -2.46. The van der Waals surface area contributed by atoms with Gasteiger partial charge in [-0.25, -0.2) is 4.39 Å². The molecule has 2 aliphatic heterocycles. The second-order valence-corrected chi connectivity index (χ2v) is 9.72. The molecule has 3 heterocycles. The largest absolute Gasteiger partial charge is 0.369 e. The molecule has 8 nitrogen and oxygen atoms in total. The van der Waals surface area contributed by atoms with Gasteiger partial charge < -0.3 is 25.0 Å². The minimum Gasteiger partial charge on any atom is -0.369 e. The van der Waals surface area contributed by atoms with E-state index in [0.29, 0.717) is 37.1 Å². The lowest BCUT2D eigenvalue weighted by atomic mass is 9.96. The number of hydrogen-bond acceptors (Lipinski definition) is 5. The van der Waals surface area contributed by atoms with Gasteiger partial charge >= 0.3 is 0 Å². The third-order valence-electron chi connectivity index (χ3n) is 7.62. The molecule has 2 amide bonds. The van der Waals surface area contributed by atoms with Crippen LogP contribution in [0.3, 0.4) is 0 Å². The van der Waals surface area contributed by atoms with E-state index in [9.17, 15) is 14.4 Å². The number of fused-ring (bicyclic) bond motifs is 1. The molecule has 1 aliphatic carbocycles. The van der Waals surface area contributed by atoms with Gasteiger partial charge in [0, 0.05) is 62.8 Å². The topological polar surface area (TPSA) is 91.9 Å². The number of likely N-dealkylation sites (N-methyl/N-ethyl adjacent to an activating group) is 1. The van der Waals surface area contributed by atoms with Crippen LogP contribution in [0.5, 0.6) is 0 Å². The maximum atomic E-state index is 15.3. The molecule has 0 atom stereocenters. The Bertz CT molecular complexity index is 1180. The molecule has 1 saturated carbocycles. The van der Waals surface area contributed by atoms with E-state index in [1.54, 1.807) is 17.2 Å². The Morgan fingerprint density at radius 1 is 1.03 bits per heavy atom. The molecule has 0 radical (unpaired) electrons. The molecule has 0 unspecified atom stereocenters. The maximum Gasteiger partial charge on any atom is 0.259 e. The number of likely N-dealkylation sites (tertiary alicyclic amines) is 1. The summed E-state index contributed by atoms with van der Waals surface area (Å²) in [5, 5.41) is 0.248. The first-order chi connectivity index (χ1) is 16.4. The molecule has 2 aromatic rings. The minimum absolute atomic E-state index is 0.0700. The predicted molar refractivity (Wildman–Crippen MR) is 129 cm³/mol. The molecule has 0 spiro atoms. The fourth-order valence-electron chi connectivity index (χ4n) is 5.25. The SMILES string of the molecule is CCN1CCN(c2cc3c(cc2F)c(=O)c(C(=O)N2CCC(C(N)=O)CC2)cn3C2CC2)CC1. The summed E-state index contributed by atoms with van der Waals surface area (Å²) in [6.07, 6.45) is 4.60. The average molecular weight is 470 g/mol. The Kier molecular flexibility index (Phi) is 6.06. The number of hydrogen-bond donors (Lipinski definition) is 1. The van der Waals surface area contributed by atoms with Gasteiger partial charge in [-0.1, -0.05) is 6.92 Å². The highest BCUT2D eigenvalue weighted by molar-refractivity contribution is 5.98. The Balaban J connectivity index is 1.50. The first-order valence-corrected chi connectivity index (χ1v) is 12.3. The van der Waals surface area contributed by atoms with Crippen molar-refractivity contribution < 1.29 is 14.0 Å². The maximum absolute atomic E-state index is 15.3. The van der Waals surface area contributed by atoms with E-state index >= 15 is 4.39 Å². The first-order valence-electron chi connectivity index (χ1n) is 12.3. The zero-order chi connectivity index (χ0) is 24.0. The van der Waals surface area contributed by atoms with Crippen LogP contribution >= 0.6 is 0 Å². The summed E-state index contributed by atoms with van der Waals surface area (Å²) in [7, 11) is 0. The Labute approximate surface area is 198 Å². The molecular formula is C25H32FN5O3. The van der Waals surface area contributed by atoms with Crippen LogP contribution in [0.2, 0.25) is 0 Å². The summed E-state index contributed by atoms with van der Waals surface area (Å²) >= 11 is 0. The van der Waals surface area contributed by atoms with Crippen molar-refractivity contribution in [2.24, 2.45) is 11.7 Å². The summed E-state index contributed by atoms with van der Waals surface area (Å²) < 4.78 is 17.3. The van der Waals surface area contributed by atoms with E-state index in [0.717, 1.165) is 45.6 Å². The van der Waals surface area contributed by atoms with E-state index in [1.165, 1.54) is 6.07 Å². The Hall–Kier alpha value is -2.94. The molecule has 2 saturated heterocycles. The van der Waals surface area contributed by atoms with E-state index in [2.05, 4.69) is 11.8 Å². The average Bonchev–Trinajstić information content (AvgIpc) is 3.69. The molecule has 1 aromatic carbocycles. The minimum atomic E-state index is -0.435. The number of anilines is 1. The molecule has 2 N–H and O–H groups in total. The van der Waals surface area contributed by atoms with Crippen LogP contribution in [0.4, 0.5) is 10.1 Å². The van der Waals surface area contributed by atoms with E-state index in [1.807, 2.05) is 9.47 Å². The number of benzene rings is 1. The van der Waals surface area contributed by atoms with Gasteiger partial charge in [-0.15, -0.1) is 0 Å². The number of aromatic nitrogens is 1. The molecule has 9 heteroatoms. The fourth-order valence-corrected chi connectivity index (χ4v) is 5.25. The number of pyridine rings is 1. The molecule has 0 bridgehead atoms. The molecule has 34 heavy (non-hydrogen) atoms. The number of carbonyl (C=O) groups excluding carboxylic acids is 2. The number of piperazine rings is 1. The molecule has 5 rings (SSSR count). The van der Waals surface area contributed by atoms with Crippen molar-refractivity contribution in [1.82, 2.24) is 14.4 Å². The standard InChI is InChI=1S/C25H32FN5O3/c1-2-28-9-11-29(12-10-28)22-14-21-18(13-20(22)26)23(32)19(15-31(21)17-3-4-17)25(34)30-7-5-16(6-8-30)24(27)33/h13-17H,2-12H2,1H3,(H2,27,33). The Morgan fingerprint density at radius 3 is 2.29 bits per heavy atom. The van der Waals surface area contributed by atoms with Crippen molar-refractivity contribution in [2.45, 2.75) is 38.6 Å². The monoisotopic (exact) mass is 469 g/mol. The fraction of sp³-hybridized carbons (Fsp3) is 0.560. The summed E-state index contributed by atoms with van der Waals surface area (Å²) in [6, 6.07) is 3.32. The zero-order valence-corrected chi connectivity index (χ0v) is 19.6. The number of rotatable bonds is 5. The quantitative estimate of drug-likeness (QED) is 0.723. The summed E-state index contributed by atoms with van der Waals surface area (Å²) in [5.41, 5.74) is 6.24. The van der Waals surface area contributed by atoms with Crippen molar-refractivity contribution in [3.05, 3.63) is 39.9 Å². The number of carbonyl (C=O) groups is 2. The van der Waals surface area contributed by atoms with Crippen LogP contribution in [-0.2, 0) is 4.79 Å². The van der Waals surface area contributed by atoms with Gasteiger partial charge in [0.2, 0.25) is 11.3 Å². The van der Waals surface area contributed by atoms with Crippen LogP contribution < -0.4 is 16.1 Å². The summed E-state index contributed by atoms with van der Waals surface area (Å²) in [6.45, 7) is 7.09. The van der Waals surface area contributed by atoms with Crippen LogP contribution in [-0.4, -0.2) is 72.0 Å². The summed E-state index contributed by atoms with van der Waals surface area (Å²) in [4.78, 5) is 44.1. The van der Waals surface area contributed by atoms with Gasteiger partial charge in [0.05, 0.1) is 11.2 Å². The lowest BCUT2D eigenvalue weighted by molar-refractivity contribution is -0.123. The number of primary amides is 1. The third-order valence-corrected chi connectivity index (χ3v) is 7.62. The molecule has 1 aromatic heterocycles. The van der Waals surface area contributed by atoms with E-state index in [-0.39, 0.29) is 34.7 Å². The van der Waals surface area contributed by atoms with Crippen molar-refractivity contribution in [3.8, 4) is 0 Å². The van der Waals surface area contributed by atoms with Crippen LogP contribution in [0.25, 0.3) is 10.9 Å². The van der Waals surface area contributed by atoms with Gasteiger partial charge in [-0.2, -0.15) is 0 Å². The molecule has 3 fully saturated rings. The normalized spacial score (nSPS) is 20.2. The van der Waals surface area contributed by atoms with Crippen molar-refractivity contribution in [3.63, 3.8) is 0 Å². The number of nitrogens with two attached hydrogens (primary N) is 1. The van der Waals surface area contributed by atoms with Crippen molar-refractivity contribution in [1.29, 1.82) is 0 Å². The highest BCUT2D eigenvalue weighted by atomic mass is 19.1. The van der Waals surface area contributed by atoms with Crippen LogP contribution in [0.15, 0.2) is 23.1 Å². The van der Waals surface area contributed by atoms with Gasteiger partial charge in [-0.05, 0) is 44.4 Å². The summed E-state index contributed by atoms with van der Waals surface area (Å²) in [5.74, 6) is -1.38. The van der Waals surface area contributed by atoms with Gasteiger partial charge in [0.25, 0.3) is 5.91 Å². The lowest BCUT2D eigenvalue weighted by Gasteiger charge is -2.35.